The van der Waals surface area contributed by atoms with E-state index in [1.54, 1.807) is 19.4 Å². The van der Waals surface area contributed by atoms with E-state index in [1.807, 2.05) is 56.3 Å². The molecule has 0 radical (unpaired) electrons. The van der Waals surface area contributed by atoms with Crippen LogP contribution >= 0.6 is 31.9 Å². The van der Waals surface area contributed by atoms with Gasteiger partial charge < -0.3 is 9.47 Å². The van der Waals surface area contributed by atoms with Gasteiger partial charge in [0.2, 0.25) is 5.91 Å². The van der Waals surface area contributed by atoms with Crippen LogP contribution in [0.2, 0.25) is 0 Å². The van der Waals surface area contributed by atoms with Crippen LogP contribution < -0.4 is 14.9 Å². The SMILES string of the molecule is COc1cc(/C=N\NC(=O)Cc2ccc(C)cc2C)cc(Br)c1OCc1ccc(Br)cc1. The van der Waals surface area contributed by atoms with Gasteiger partial charge >= 0.3 is 0 Å². The predicted molar refractivity (Wildman–Crippen MR) is 135 cm³/mol. The Morgan fingerprint density at radius 1 is 1.06 bits per heavy atom. The van der Waals surface area contributed by atoms with Gasteiger partial charge in [-0.05, 0) is 76.3 Å². The van der Waals surface area contributed by atoms with Gasteiger partial charge in [0.1, 0.15) is 6.61 Å². The van der Waals surface area contributed by atoms with E-state index < -0.39 is 0 Å². The van der Waals surface area contributed by atoms with Crippen LogP contribution in [-0.2, 0) is 17.8 Å². The lowest BCUT2D eigenvalue weighted by atomic mass is 10.0. The highest BCUT2D eigenvalue weighted by molar-refractivity contribution is 9.10. The summed E-state index contributed by atoms with van der Waals surface area (Å²) in [6.07, 6.45) is 1.85. The van der Waals surface area contributed by atoms with Crippen molar-refractivity contribution in [3.05, 3.63) is 91.4 Å². The number of aryl methyl sites for hydroxylation is 2. The number of nitrogens with zero attached hydrogens (tertiary/aromatic N) is 1. The van der Waals surface area contributed by atoms with Crippen LogP contribution in [0.1, 0.15) is 27.8 Å². The third-order valence-electron chi connectivity index (χ3n) is 4.80. The molecule has 1 amide bonds. The molecule has 0 heterocycles. The molecule has 0 spiro atoms. The summed E-state index contributed by atoms with van der Waals surface area (Å²) in [5.41, 5.74) is 7.64. The summed E-state index contributed by atoms with van der Waals surface area (Å²) in [6.45, 7) is 4.44. The monoisotopic (exact) mass is 558 g/mol. The summed E-state index contributed by atoms with van der Waals surface area (Å²) in [4.78, 5) is 12.2. The van der Waals surface area contributed by atoms with Gasteiger partial charge in [0.15, 0.2) is 11.5 Å². The Bertz CT molecular complexity index is 1130. The fraction of sp³-hybridized carbons (Fsp3) is 0.200. The number of nitrogens with one attached hydrogen (secondary N) is 1. The van der Waals surface area contributed by atoms with Gasteiger partial charge in [-0.2, -0.15) is 5.10 Å². The summed E-state index contributed by atoms with van der Waals surface area (Å²) < 4.78 is 13.2. The molecule has 0 aliphatic carbocycles. The van der Waals surface area contributed by atoms with Gasteiger partial charge in [0.05, 0.1) is 24.2 Å². The molecule has 1 N–H and O–H groups in total. The molecule has 0 aromatic heterocycles. The molecule has 3 aromatic rings. The third-order valence-corrected chi connectivity index (χ3v) is 5.92. The second-order valence-electron chi connectivity index (χ2n) is 7.35. The molecule has 0 fully saturated rings. The highest BCUT2D eigenvalue weighted by Crippen LogP contribution is 2.37. The summed E-state index contributed by atoms with van der Waals surface area (Å²) in [5.74, 6) is 1.000. The lowest BCUT2D eigenvalue weighted by molar-refractivity contribution is -0.120. The molecule has 166 valence electrons. The number of ether oxygens (including phenoxy) is 2. The summed E-state index contributed by atoms with van der Waals surface area (Å²) in [6, 6.07) is 17.6. The molecule has 0 aliphatic heterocycles. The van der Waals surface area contributed by atoms with Crippen molar-refractivity contribution < 1.29 is 14.3 Å². The predicted octanol–water partition coefficient (Wildman–Crippen LogP) is 6.11. The largest absolute Gasteiger partial charge is 0.493 e. The maximum absolute atomic E-state index is 12.2. The fourth-order valence-electron chi connectivity index (χ4n) is 3.13. The van der Waals surface area contributed by atoms with Gasteiger partial charge in [0.25, 0.3) is 0 Å². The molecule has 3 rings (SSSR count). The Kier molecular flexibility index (Phi) is 8.47. The van der Waals surface area contributed by atoms with Crippen LogP contribution in [0.5, 0.6) is 11.5 Å². The van der Waals surface area contributed by atoms with Crippen LogP contribution in [0.3, 0.4) is 0 Å². The first-order valence-electron chi connectivity index (χ1n) is 9.98. The number of rotatable bonds is 8. The van der Waals surface area contributed by atoms with Crippen molar-refractivity contribution in [3.63, 3.8) is 0 Å². The van der Waals surface area contributed by atoms with Crippen molar-refractivity contribution in [1.29, 1.82) is 0 Å². The standard InChI is InChI=1S/C25H24Br2N2O3/c1-16-4-7-20(17(2)10-16)13-24(30)29-28-14-19-11-22(27)25(23(12-19)31-3)32-15-18-5-8-21(26)9-6-18/h4-12,14H,13,15H2,1-3H3,(H,29,30)/b28-14-. The van der Waals surface area contributed by atoms with Crippen molar-refractivity contribution in [2.75, 3.05) is 7.11 Å². The van der Waals surface area contributed by atoms with Crippen LogP contribution in [0, 0.1) is 13.8 Å². The third kappa shape index (κ3) is 6.68. The van der Waals surface area contributed by atoms with Gasteiger partial charge in [-0.15, -0.1) is 0 Å². The Labute approximate surface area is 205 Å². The van der Waals surface area contributed by atoms with E-state index in [0.717, 1.165) is 31.2 Å². The Hall–Kier alpha value is -2.64. The molecule has 0 saturated carbocycles. The summed E-state index contributed by atoms with van der Waals surface area (Å²) in [7, 11) is 1.58. The number of benzene rings is 3. The lowest BCUT2D eigenvalue weighted by Crippen LogP contribution is -2.20. The highest BCUT2D eigenvalue weighted by Gasteiger charge is 2.12. The molecule has 0 unspecified atom stereocenters. The van der Waals surface area contributed by atoms with Gasteiger partial charge in [-0.1, -0.05) is 51.8 Å². The summed E-state index contributed by atoms with van der Waals surface area (Å²) in [5, 5.41) is 4.09. The molecular formula is C25H24Br2N2O3. The second kappa shape index (κ2) is 11.3. The van der Waals surface area contributed by atoms with E-state index in [9.17, 15) is 4.79 Å². The number of hydrogen-bond acceptors (Lipinski definition) is 4. The number of amides is 1. The number of hydrogen-bond donors (Lipinski definition) is 1. The van der Waals surface area contributed by atoms with E-state index in [0.29, 0.717) is 18.1 Å². The minimum absolute atomic E-state index is 0.173. The number of halogens is 2. The highest BCUT2D eigenvalue weighted by atomic mass is 79.9. The fourth-order valence-corrected chi connectivity index (χ4v) is 3.96. The van der Waals surface area contributed by atoms with Crippen molar-refractivity contribution in [1.82, 2.24) is 5.43 Å². The first-order chi connectivity index (χ1) is 15.4. The van der Waals surface area contributed by atoms with Crippen molar-refractivity contribution in [2.45, 2.75) is 26.9 Å². The maximum Gasteiger partial charge on any atom is 0.244 e. The van der Waals surface area contributed by atoms with E-state index in [2.05, 4.69) is 48.5 Å². The molecule has 0 bridgehead atoms. The van der Waals surface area contributed by atoms with E-state index >= 15 is 0 Å². The topological polar surface area (TPSA) is 59.9 Å². The molecule has 32 heavy (non-hydrogen) atoms. The van der Waals surface area contributed by atoms with Crippen LogP contribution in [0.4, 0.5) is 0 Å². The number of hydrazone groups is 1. The van der Waals surface area contributed by atoms with E-state index in [1.165, 1.54) is 5.56 Å². The molecule has 7 heteroatoms. The minimum atomic E-state index is -0.173. The minimum Gasteiger partial charge on any atom is -0.493 e. The zero-order chi connectivity index (χ0) is 23.1. The Morgan fingerprint density at radius 3 is 2.50 bits per heavy atom. The molecular weight excluding hydrogens is 536 g/mol. The van der Waals surface area contributed by atoms with Crippen molar-refractivity contribution in [2.24, 2.45) is 5.10 Å². The van der Waals surface area contributed by atoms with Crippen LogP contribution in [0.25, 0.3) is 0 Å². The van der Waals surface area contributed by atoms with Crippen molar-refractivity contribution >= 4 is 44.0 Å². The second-order valence-corrected chi connectivity index (χ2v) is 9.12. The Morgan fingerprint density at radius 2 is 1.81 bits per heavy atom. The summed E-state index contributed by atoms with van der Waals surface area (Å²) >= 11 is 6.97. The van der Waals surface area contributed by atoms with E-state index in [4.69, 9.17) is 9.47 Å². The molecule has 0 saturated heterocycles. The number of carbonyl (C=O) groups excluding carboxylic acids is 1. The molecule has 3 aromatic carbocycles. The number of methoxy groups -OCH3 is 1. The van der Waals surface area contributed by atoms with Crippen molar-refractivity contribution in [3.8, 4) is 11.5 Å². The first-order valence-corrected chi connectivity index (χ1v) is 11.6. The zero-order valence-corrected chi connectivity index (χ0v) is 21.3. The Balaban J connectivity index is 1.63. The lowest BCUT2D eigenvalue weighted by Gasteiger charge is -2.13. The van der Waals surface area contributed by atoms with E-state index in [-0.39, 0.29) is 12.3 Å². The zero-order valence-electron chi connectivity index (χ0n) is 18.1. The quantitative estimate of drug-likeness (QED) is 0.267. The smallest absolute Gasteiger partial charge is 0.244 e. The van der Waals surface area contributed by atoms with Gasteiger partial charge in [0, 0.05) is 4.47 Å². The number of carbonyl (C=O) groups is 1. The molecule has 0 aliphatic rings. The normalized spacial score (nSPS) is 10.9. The molecule has 0 atom stereocenters. The average molecular weight is 560 g/mol. The first kappa shape index (κ1) is 24.0. The van der Waals surface area contributed by atoms with Gasteiger partial charge in [-0.3, -0.25) is 4.79 Å². The van der Waals surface area contributed by atoms with Crippen LogP contribution in [-0.4, -0.2) is 19.2 Å². The van der Waals surface area contributed by atoms with Crippen LogP contribution in [0.15, 0.2) is 68.6 Å². The maximum atomic E-state index is 12.2. The molecule has 5 nitrogen and oxygen atoms in total. The van der Waals surface area contributed by atoms with Gasteiger partial charge in [-0.25, -0.2) is 5.43 Å². The average Bonchev–Trinajstić information content (AvgIpc) is 2.76.